The summed E-state index contributed by atoms with van der Waals surface area (Å²) in [6.07, 6.45) is 3.98. The first-order valence-electron chi connectivity index (χ1n) is 3.60. The predicted molar refractivity (Wildman–Crippen MR) is 45.8 cm³/mol. The topological polar surface area (TPSA) is 20.3 Å². The Balaban J connectivity index is 3.22. The predicted octanol–water partition coefficient (Wildman–Crippen LogP) is 2.33. The average molecular weight is 208 g/mol. The van der Waals surface area contributed by atoms with E-state index in [1.54, 1.807) is 7.05 Å². The number of hydrogen-bond donors (Lipinski definition) is 0. The third kappa shape index (κ3) is 4.79. The molecular formula is C7H14BrNO. The van der Waals surface area contributed by atoms with Crippen LogP contribution in [0.1, 0.15) is 32.6 Å². The molecule has 0 atom stereocenters. The second kappa shape index (κ2) is 5.71. The third-order valence-corrected chi connectivity index (χ3v) is 1.73. The molecule has 0 aromatic rings. The van der Waals surface area contributed by atoms with Gasteiger partial charge in [-0.2, -0.15) is 0 Å². The van der Waals surface area contributed by atoms with Crippen molar-refractivity contribution in [2.75, 3.05) is 7.05 Å². The number of carbonyl (C=O) groups is 1. The molecule has 0 rings (SSSR count). The molecule has 0 N–H and O–H groups in total. The second-order valence-electron chi connectivity index (χ2n) is 2.33. The monoisotopic (exact) mass is 207 g/mol. The normalized spacial score (nSPS) is 9.50. The summed E-state index contributed by atoms with van der Waals surface area (Å²) < 4.78 is 1.46. The zero-order valence-electron chi connectivity index (χ0n) is 6.56. The van der Waals surface area contributed by atoms with E-state index in [0.29, 0.717) is 6.42 Å². The van der Waals surface area contributed by atoms with E-state index in [1.807, 2.05) is 0 Å². The van der Waals surface area contributed by atoms with Gasteiger partial charge in [0.1, 0.15) is 0 Å². The summed E-state index contributed by atoms with van der Waals surface area (Å²) >= 11 is 3.08. The van der Waals surface area contributed by atoms with Gasteiger partial charge in [0.25, 0.3) is 0 Å². The van der Waals surface area contributed by atoms with Crippen molar-refractivity contribution in [2.45, 2.75) is 32.6 Å². The maximum atomic E-state index is 10.9. The summed E-state index contributed by atoms with van der Waals surface area (Å²) in [5.41, 5.74) is 0. The van der Waals surface area contributed by atoms with Crippen molar-refractivity contribution >= 4 is 22.1 Å². The summed E-state index contributed by atoms with van der Waals surface area (Å²) in [7, 11) is 1.72. The highest BCUT2D eigenvalue weighted by atomic mass is 79.9. The molecule has 10 heavy (non-hydrogen) atoms. The molecule has 2 nitrogen and oxygen atoms in total. The van der Waals surface area contributed by atoms with Crippen molar-refractivity contribution in [2.24, 2.45) is 0 Å². The smallest absolute Gasteiger partial charge is 0.232 e. The summed E-state index contributed by atoms with van der Waals surface area (Å²) in [5, 5.41) is 0. The Morgan fingerprint density at radius 2 is 2.10 bits per heavy atom. The fourth-order valence-corrected chi connectivity index (χ4v) is 0.858. The molecule has 0 bridgehead atoms. The lowest BCUT2D eigenvalue weighted by Gasteiger charge is -2.05. The molecule has 0 aliphatic heterocycles. The first-order chi connectivity index (χ1) is 4.68. The van der Waals surface area contributed by atoms with Gasteiger partial charge in [-0.15, -0.1) is 0 Å². The summed E-state index contributed by atoms with van der Waals surface area (Å²) in [6.45, 7) is 2.13. The van der Waals surface area contributed by atoms with Crippen LogP contribution in [0.25, 0.3) is 0 Å². The molecule has 0 aliphatic carbocycles. The molecule has 3 heteroatoms. The van der Waals surface area contributed by atoms with Gasteiger partial charge in [-0.25, -0.2) is 0 Å². The maximum Gasteiger partial charge on any atom is 0.232 e. The molecule has 0 aromatic carbocycles. The van der Waals surface area contributed by atoms with Crippen LogP contribution in [0.2, 0.25) is 0 Å². The zero-order chi connectivity index (χ0) is 7.98. The largest absolute Gasteiger partial charge is 0.282 e. The number of rotatable bonds is 4. The minimum Gasteiger partial charge on any atom is -0.282 e. The highest BCUT2D eigenvalue weighted by Gasteiger charge is 2.02. The van der Waals surface area contributed by atoms with Gasteiger partial charge in [0.15, 0.2) is 0 Å². The van der Waals surface area contributed by atoms with Crippen molar-refractivity contribution < 1.29 is 4.79 Å². The highest BCUT2D eigenvalue weighted by molar-refractivity contribution is 9.07. The Bertz CT molecular complexity index is 104. The van der Waals surface area contributed by atoms with E-state index in [1.165, 1.54) is 10.3 Å². The van der Waals surface area contributed by atoms with Gasteiger partial charge < -0.3 is 0 Å². The SMILES string of the molecule is CCCCCC(=O)N(C)Br. The maximum absolute atomic E-state index is 10.9. The lowest BCUT2D eigenvalue weighted by molar-refractivity contribution is -0.125. The van der Waals surface area contributed by atoms with E-state index in [9.17, 15) is 4.79 Å². The van der Waals surface area contributed by atoms with Crippen LogP contribution < -0.4 is 0 Å². The number of hydrogen-bond acceptors (Lipinski definition) is 1. The van der Waals surface area contributed by atoms with E-state index in [2.05, 4.69) is 23.1 Å². The minimum absolute atomic E-state index is 0.161. The standard InChI is InChI=1S/C7H14BrNO/c1-3-4-5-6-7(10)9(2)8/h3-6H2,1-2H3. The van der Waals surface area contributed by atoms with Crippen LogP contribution >= 0.6 is 16.1 Å². The molecule has 0 saturated heterocycles. The van der Waals surface area contributed by atoms with Crippen LogP contribution in [0, 0.1) is 0 Å². The van der Waals surface area contributed by atoms with E-state index >= 15 is 0 Å². The molecule has 0 radical (unpaired) electrons. The van der Waals surface area contributed by atoms with Gasteiger partial charge in [0, 0.05) is 13.5 Å². The number of amides is 1. The van der Waals surface area contributed by atoms with Gasteiger partial charge in [-0.05, 0) is 6.42 Å². The van der Waals surface area contributed by atoms with E-state index < -0.39 is 0 Å². The van der Waals surface area contributed by atoms with Crippen LogP contribution in [0.15, 0.2) is 0 Å². The quantitative estimate of drug-likeness (QED) is 0.512. The summed E-state index contributed by atoms with van der Waals surface area (Å²) in [5.74, 6) is 0.161. The van der Waals surface area contributed by atoms with Crippen LogP contribution in [0.3, 0.4) is 0 Å². The van der Waals surface area contributed by atoms with Crippen molar-refractivity contribution in [3.05, 3.63) is 0 Å². The summed E-state index contributed by atoms with van der Waals surface area (Å²) in [6, 6.07) is 0. The fourth-order valence-electron chi connectivity index (χ4n) is 0.680. The van der Waals surface area contributed by atoms with E-state index in [4.69, 9.17) is 0 Å². The zero-order valence-corrected chi connectivity index (χ0v) is 8.15. The van der Waals surface area contributed by atoms with Crippen molar-refractivity contribution in [3.8, 4) is 0 Å². The Labute approximate surface area is 70.9 Å². The number of halogens is 1. The van der Waals surface area contributed by atoms with E-state index in [0.717, 1.165) is 12.8 Å². The highest BCUT2D eigenvalue weighted by Crippen LogP contribution is 2.03. The van der Waals surface area contributed by atoms with E-state index in [-0.39, 0.29) is 5.91 Å². The van der Waals surface area contributed by atoms with Crippen LogP contribution in [0.5, 0.6) is 0 Å². The van der Waals surface area contributed by atoms with Gasteiger partial charge >= 0.3 is 0 Å². The molecule has 0 fully saturated rings. The molecular weight excluding hydrogens is 194 g/mol. The van der Waals surface area contributed by atoms with Crippen LogP contribution in [0.4, 0.5) is 0 Å². The first-order valence-corrected chi connectivity index (χ1v) is 4.31. The lowest BCUT2D eigenvalue weighted by Crippen LogP contribution is -2.14. The second-order valence-corrected chi connectivity index (χ2v) is 3.39. The average Bonchev–Trinajstić information content (AvgIpc) is 1.88. The van der Waals surface area contributed by atoms with Crippen molar-refractivity contribution in [1.29, 1.82) is 0 Å². The molecule has 0 aliphatic rings. The minimum atomic E-state index is 0.161. The van der Waals surface area contributed by atoms with Gasteiger partial charge in [-0.3, -0.25) is 8.72 Å². The van der Waals surface area contributed by atoms with Crippen LogP contribution in [-0.4, -0.2) is 16.9 Å². The Kier molecular flexibility index (Phi) is 5.69. The molecule has 0 unspecified atom stereocenters. The number of unbranched alkanes of at least 4 members (excludes halogenated alkanes) is 2. The molecule has 0 spiro atoms. The Morgan fingerprint density at radius 1 is 1.50 bits per heavy atom. The molecule has 60 valence electrons. The van der Waals surface area contributed by atoms with Crippen molar-refractivity contribution in [1.82, 2.24) is 3.93 Å². The van der Waals surface area contributed by atoms with Gasteiger partial charge in [0.2, 0.25) is 5.91 Å². The Hall–Kier alpha value is -0.0500. The van der Waals surface area contributed by atoms with Crippen LogP contribution in [-0.2, 0) is 4.79 Å². The molecule has 0 aromatic heterocycles. The molecule has 0 saturated carbocycles. The van der Waals surface area contributed by atoms with Gasteiger partial charge in [-0.1, -0.05) is 19.8 Å². The number of nitrogens with zero attached hydrogens (tertiary/aromatic N) is 1. The molecule has 0 heterocycles. The first kappa shape index (κ1) is 9.95. The fraction of sp³-hybridized carbons (Fsp3) is 0.857. The number of carbonyl (C=O) groups excluding carboxylic acids is 1. The lowest BCUT2D eigenvalue weighted by atomic mass is 10.2. The summed E-state index contributed by atoms with van der Waals surface area (Å²) in [4.78, 5) is 10.9. The third-order valence-electron chi connectivity index (χ3n) is 1.34. The van der Waals surface area contributed by atoms with Crippen molar-refractivity contribution in [3.63, 3.8) is 0 Å². The van der Waals surface area contributed by atoms with Gasteiger partial charge in [0.05, 0.1) is 16.1 Å². The molecule has 1 amide bonds. The Morgan fingerprint density at radius 3 is 2.50 bits per heavy atom.